The highest BCUT2D eigenvalue weighted by atomic mass is 32.2. The summed E-state index contributed by atoms with van der Waals surface area (Å²) in [7, 11) is 0. The molecule has 0 bridgehead atoms. The van der Waals surface area contributed by atoms with Crippen molar-refractivity contribution < 1.29 is 18.7 Å². The number of ether oxygens (including phenoxy) is 1. The third-order valence-corrected chi connectivity index (χ3v) is 4.43. The first-order chi connectivity index (χ1) is 11.1. The standard InChI is InChI=1S/C15H14FN3O3S/c1-2-22-13(20)15(9-3-5-10(16)6-4-9)14(21)23-12(18-15)11-7-8-17-19-11/h3-7,17,19H,2,8H2,1H3. The van der Waals surface area contributed by atoms with Gasteiger partial charge in [-0.3, -0.25) is 4.79 Å². The first-order valence-electron chi connectivity index (χ1n) is 7.02. The normalized spacial score (nSPS) is 23.3. The largest absolute Gasteiger partial charge is 0.464 e. The van der Waals surface area contributed by atoms with E-state index in [1.807, 2.05) is 6.08 Å². The van der Waals surface area contributed by atoms with E-state index < -0.39 is 22.4 Å². The first-order valence-corrected chi connectivity index (χ1v) is 7.84. The van der Waals surface area contributed by atoms with Crippen molar-refractivity contribution in [3.8, 4) is 0 Å². The van der Waals surface area contributed by atoms with Gasteiger partial charge in [0.1, 0.15) is 10.9 Å². The van der Waals surface area contributed by atoms with E-state index in [0.717, 1.165) is 11.8 Å². The van der Waals surface area contributed by atoms with Gasteiger partial charge in [-0.2, -0.15) is 0 Å². The van der Waals surface area contributed by atoms with Gasteiger partial charge < -0.3 is 10.2 Å². The molecule has 2 heterocycles. The number of hydrazine groups is 1. The van der Waals surface area contributed by atoms with Crippen LogP contribution in [0.2, 0.25) is 0 Å². The molecule has 0 aliphatic carbocycles. The second-order valence-corrected chi connectivity index (χ2v) is 5.83. The van der Waals surface area contributed by atoms with Gasteiger partial charge in [0.25, 0.3) is 5.54 Å². The summed E-state index contributed by atoms with van der Waals surface area (Å²) in [6, 6.07) is 5.14. The molecule has 2 N–H and O–H groups in total. The third-order valence-electron chi connectivity index (χ3n) is 3.45. The maximum Gasteiger partial charge on any atom is 0.347 e. The van der Waals surface area contributed by atoms with E-state index >= 15 is 0 Å². The molecule has 8 heteroatoms. The number of carbonyl (C=O) groups excluding carboxylic acids is 2. The lowest BCUT2D eigenvalue weighted by molar-refractivity contribution is -0.151. The number of aliphatic imine (C=N–C) groups is 1. The molecule has 1 aromatic carbocycles. The van der Waals surface area contributed by atoms with Gasteiger partial charge in [-0.25, -0.2) is 19.6 Å². The van der Waals surface area contributed by atoms with Crippen LogP contribution in [-0.4, -0.2) is 29.3 Å². The lowest BCUT2D eigenvalue weighted by atomic mass is 9.92. The smallest absolute Gasteiger partial charge is 0.347 e. The predicted octanol–water partition coefficient (Wildman–Crippen LogP) is 1.25. The Morgan fingerprint density at radius 3 is 2.78 bits per heavy atom. The number of hydrogen-bond acceptors (Lipinski definition) is 7. The SMILES string of the molecule is CCOC(=O)C1(c2ccc(F)cc2)N=C(C2=CCNN2)SC1=O. The highest BCUT2D eigenvalue weighted by Crippen LogP contribution is 2.41. The zero-order valence-electron chi connectivity index (χ0n) is 12.3. The molecule has 0 radical (unpaired) electrons. The summed E-state index contributed by atoms with van der Waals surface area (Å²) in [4.78, 5) is 29.5. The fourth-order valence-corrected chi connectivity index (χ4v) is 3.34. The Hall–Kier alpha value is -2.19. The Morgan fingerprint density at radius 1 is 1.43 bits per heavy atom. The number of halogens is 1. The molecule has 1 aromatic rings. The summed E-state index contributed by atoms with van der Waals surface area (Å²) in [5.41, 5.74) is 4.89. The van der Waals surface area contributed by atoms with E-state index in [2.05, 4.69) is 15.8 Å². The van der Waals surface area contributed by atoms with E-state index in [1.54, 1.807) is 6.92 Å². The van der Waals surface area contributed by atoms with Crippen molar-refractivity contribution in [2.75, 3.05) is 13.2 Å². The molecular weight excluding hydrogens is 321 g/mol. The minimum absolute atomic E-state index is 0.118. The van der Waals surface area contributed by atoms with Gasteiger partial charge in [0.2, 0.25) is 5.12 Å². The van der Waals surface area contributed by atoms with E-state index in [1.165, 1.54) is 24.3 Å². The van der Waals surface area contributed by atoms with Crippen molar-refractivity contribution in [1.29, 1.82) is 0 Å². The zero-order chi connectivity index (χ0) is 16.4. The summed E-state index contributed by atoms with van der Waals surface area (Å²) >= 11 is 0.869. The second kappa shape index (κ2) is 6.13. The first kappa shape index (κ1) is 15.7. The summed E-state index contributed by atoms with van der Waals surface area (Å²) in [5.74, 6) is -1.22. The van der Waals surface area contributed by atoms with Crippen LogP contribution in [0.3, 0.4) is 0 Å². The van der Waals surface area contributed by atoms with Gasteiger partial charge in [0.15, 0.2) is 0 Å². The topological polar surface area (TPSA) is 79.8 Å². The fourth-order valence-electron chi connectivity index (χ4n) is 2.34. The fraction of sp³-hybridized carbons (Fsp3) is 0.267. The highest BCUT2D eigenvalue weighted by molar-refractivity contribution is 8.27. The number of benzene rings is 1. The molecule has 0 aromatic heterocycles. The van der Waals surface area contributed by atoms with Crippen molar-refractivity contribution in [2.45, 2.75) is 12.5 Å². The average molecular weight is 335 g/mol. The summed E-state index contributed by atoms with van der Waals surface area (Å²) in [5, 5.41) is -0.0652. The molecule has 1 unspecified atom stereocenters. The predicted molar refractivity (Wildman–Crippen MR) is 84.0 cm³/mol. The molecule has 120 valence electrons. The van der Waals surface area contributed by atoms with Gasteiger partial charge >= 0.3 is 5.97 Å². The molecule has 0 amide bonds. The van der Waals surface area contributed by atoms with E-state index in [0.29, 0.717) is 17.3 Å². The molecule has 2 aliphatic heterocycles. The molecule has 23 heavy (non-hydrogen) atoms. The van der Waals surface area contributed by atoms with E-state index in [9.17, 15) is 14.0 Å². The van der Waals surface area contributed by atoms with Crippen LogP contribution < -0.4 is 10.9 Å². The van der Waals surface area contributed by atoms with Gasteiger partial charge in [0.05, 0.1) is 12.3 Å². The highest BCUT2D eigenvalue weighted by Gasteiger charge is 2.54. The second-order valence-electron chi connectivity index (χ2n) is 4.87. The van der Waals surface area contributed by atoms with Crippen LogP contribution in [0.4, 0.5) is 4.39 Å². The summed E-state index contributed by atoms with van der Waals surface area (Å²) in [6.07, 6.45) is 1.82. The quantitative estimate of drug-likeness (QED) is 0.637. The van der Waals surface area contributed by atoms with Crippen LogP contribution in [0.15, 0.2) is 41.0 Å². The molecule has 0 spiro atoms. The zero-order valence-corrected chi connectivity index (χ0v) is 13.1. The molecule has 0 saturated heterocycles. The number of nitrogens with one attached hydrogen (secondary N) is 2. The lowest BCUT2D eigenvalue weighted by Gasteiger charge is -2.21. The van der Waals surface area contributed by atoms with Crippen molar-refractivity contribution >= 4 is 27.9 Å². The summed E-state index contributed by atoms with van der Waals surface area (Å²) in [6.45, 7) is 2.36. The lowest BCUT2D eigenvalue weighted by Crippen LogP contribution is -2.40. The number of thioether (sulfide) groups is 1. The molecule has 3 rings (SSSR count). The van der Waals surface area contributed by atoms with Gasteiger partial charge in [-0.05, 0) is 42.5 Å². The maximum absolute atomic E-state index is 13.2. The van der Waals surface area contributed by atoms with Crippen LogP contribution in [-0.2, 0) is 19.9 Å². The Morgan fingerprint density at radius 2 is 2.17 bits per heavy atom. The Balaban J connectivity index is 2.10. The van der Waals surface area contributed by atoms with Crippen LogP contribution in [0, 0.1) is 5.82 Å². The van der Waals surface area contributed by atoms with E-state index in [-0.39, 0.29) is 12.2 Å². The van der Waals surface area contributed by atoms with Crippen molar-refractivity contribution in [3.05, 3.63) is 47.4 Å². The molecular formula is C15H14FN3O3S. The molecule has 2 aliphatic rings. The van der Waals surface area contributed by atoms with Gasteiger partial charge in [0, 0.05) is 6.54 Å². The monoisotopic (exact) mass is 335 g/mol. The maximum atomic E-state index is 13.2. The van der Waals surface area contributed by atoms with Crippen molar-refractivity contribution in [3.63, 3.8) is 0 Å². The summed E-state index contributed by atoms with van der Waals surface area (Å²) < 4.78 is 18.3. The van der Waals surface area contributed by atoms with Crippen LogP contribution in [0.1, 0.15) is 12.5 Å². The minimum Gasteiger partial charge on any atom is -0.464 e. The van der Waals surface area contributed by atoms with Gasteiger partial charge in [-0.15, -0.1) is 0 Å². The van der Waals surface area contributed by atoms with Crippen LogP contribution >= 0.6 is 11.8 Å². The number of esters is 1. The van der Waals surface area contributed by atoms with E-state index in [4.69, 9.17) is 4.74 Å². The number of hydrogen-bond donors (Lipinski definition) is 2. The Labute approximate surface area is 136 Å². The molecule has 0 saturated carbocycles. The molecule has 1 atom stereocenters. The number of nitrogens with zero attached hydrogens (tertiary/aromatic N) is 1. The Kier molecular flexibility index (Phi) is 4.18. The minimum atomic E-state index is -1.80. The molecule has 0 fully saturated rings. The van der Waals surface area contributed by atoms with Crippen LogP contribution in [0.25, 0.3) is 0 Å². The average Bonchev–Trinajstić information content (AvgIpc) is 3.16. The van der Waals surface area contributed by atoms with Crippen molar-refractivity contribution in [2.24, 2.45) is 4.99 Å². The third kappa shape index (κ3) is 2.64. The van der Waals surface area contributed by atoms with Crippen molar-refractivity contribution in [1.82, 2.24) is 10.9 Å². The number of rotatable bonds is 4. The Bertz CT molecular complexity index is 717. The number of carbonyl (C=O) groups is 2. The molecule has 6 nitrogen and oxygen atoms in total. The van der Waals surface area contributed by atoms with Gasteiger partial charge in [-0.1, -0.05) is 12.1 Å². The van der Waals surface area contributed by atoms with Crippen LogP contribution in [0.5, 0.6) is 0 Å².